The smallest absolute Gasteiger partial charge is 0.253 e. The van der Waals surface area contributed by atoms with Crippen molar-refractivity contribution in [3.05, 3.63) is 35.1 Å². The Kier molecular flexibility index (Phi) is 5.09. The van der Waals surface area contributed by atoms with E-state index in [9.17, 15) is 9.18 Å². The molecule has 1 aliphatic rings. The van der Waals surface area contributed by atoms with E-state index in [1.165, 1.54) is 12.1 Å². The highest BCUT2D eigenvalue weighted by Crippen LogP contribution is 2.17. The summed E-state index contributed by atoms with van der Waals surface area (Å²) in [5.41, 5.74) is 6.58. The van der Waals surface area contributed by atoms with Crippen molar-refractivity contribution in [1.29, 1.82) is 0 Å². The van der Waals surface area contributed by atoms with E-state index >= 15 is 0 Å². The lowest BCUT2D eigenvalue weighted by atomic mass is 10.1. The molecule has 1 aromatic carbocycles. The van der Waals surface area contributed by atoms with Crippen molar-refractivity contribution in [2.45, 2.75) is 25.9 Å². The molecule has 1 amide bonds. The van der Waals surface area contributed by atoms with Gasteiger partial charge in [0.15, 0.2) is 0 Å². The average Bonchev–Trinajstić information content (AvgIpc) is 2.44. The van der Waals surface area contributed by atoms with Gasteiger partial charge in [0.1, 0.15) is 5.82 Å². The Morgan fingerprint density at radius 2 is 2.10 bits per heavy atom. The highest BCUT2D eigenvalue weighted by Gasteiger charge is 2.24. The normalized spacial score (nSPS) is 16.4. The van der Waals surface area contributed by atoms with Gasteiger partial charge in [0, 0.05) is 25.2 Å². The van der Waals surface area contributed by atoms with Gasteiger partial charge in [0.05, 0.1) is 12.7 Å². The number of halogens is 1. The number of hydrogen-bond donors (Lipinski definition) is 1. The molecule has 0 unspecified atom stereocenters. The first-order valence-corrected chi connectivity index (χ1v) is 6.98. The molecule has 0 saturated carbocycles. The van der Waals surface area contributed by atoms with E-state index in [2.05, 4.69) is 0 Å². The Hall–Kier alpha value is -1.46. The SMILES string of the molecule is Cc1cc(F)cc(C(=O)N2CCC(OCCN)CC2)c1. The Morgan fingerprint density at radius 1 is 1.40 bits per heavy atom. The number of aryl methyl sites for hydroxylation is 1. The van der Waals surface area contributed by atoms with Crippen molar-refractivity contribution in [2.24, 2.45) is 5.73 Å². The molecule has 1 heterocycles. The van der Waals surface area contributed by atoms with Crippen molar-refractivity contribution in [3.8, 4) is 0 Å². The van der Waals surface area contributed by atoms with Gasteiger partial charge in [0.25, 0.3) is 5.91 Å². The number of carbonyl (C=O) groups is 1. The Balaban J connectivity index is 1.94. The van der Waals surface area contributed by atoms with E-state index in [0.29, 0.717) is 31.8 Å². The predicted octanol–water partition coefficient (Wildman–Crippen LogP) is 1.71. The third kappa shape index (κ3) is 3.77. The lowest BCUT2D eigenvalue weighted by Gasteiger charge is -2.32. The van der Waals surface area contributed by atoms with E-state index in [4.69, 9.17) is 10.5 Å². The van der Waals surface area contributed by atoms with Crippen molar-refractivity contribution in [3.63, 3.8) is 0 Å². The zero-order valence-corrected chi connectivity index (χ0v) is 11.8. The molecule has 0 aliphatic carbocycles. The maximum Gasteiger partial charge on any atom is 0.253 e. The van der Waals surface area contributed by atoms with Crippen molar-refractivity contribution in [1.82, 2.24) is 4.90 Å². The maximum atomic E-state index is 13.4. The quantitative estimate of drug-likeness (QED) is 0.913. The number of ether oxygens (including phenoxy) is 1. The third-order valence-electron chi connectivity index (χ3n) is 3.49. The molecule has 0 spiro atoms. The first kappa shape index (κ1) is 14.9. The minimum Gasteiger partial charge on any atom is -0.377 e. The largest absolute Gasteiger partial charge is 0.377 e. The van der Waals surface area contributed by atoms with E-state index in [1.54, 1.807) is 17.9 Å². The minimum atomic E-state index is -0.366. The molecule has 1 fully saturated rings. The summed E-state index contributed by atoms with van der Waals surface area (Å²) in [5, 5.41) is 0. The topological polar surface area (TPSA) is 55.6 Å². The van der Waals surface area contributed by atoms with Crippen LogP contribution in [0.5, 0.6) is 0 Å². The summed E-state index contributed by atoms with van der Waals surface area (Å²) < 4.78 is 18.9. The highest BCUT2D eigenvalue weighted by atomic mass is 19.1. The average molecular weight is 280 g/mol. The standard InChI is InChI=1S/C15H21FN2O2/c1-11-8-12(10-13(16)9-11)15(19)18-5-2-14(3-6-18)20-7-4-17/h8-10,14H,2-7,17H2,1H3. The fraction of sp³-hybridized carbons (Fsp3) is 0.533. The Bertz CT molecular complexity index is 451. The van der Waals surface area contributed by atoms with E-state index in [-0.39, 0.29) is 17.8 Å². The number of benzene rings is 1. The van der Waals surface area contributed by atoms with Crippen molar-refractivity contribution >= 4 is 5.91 Å². The minimum absolute atomic E-state index is 0.107. The molecule has 110 valence electrons. The summed E-state index contributed by atoms with van der Waals surface area (Å²) in [6.45, 7) is 4.14. The summed E-state index contributed by atoms with van der Waals surface area (Å²) in [7, 11) is 0. The second kappa shape index (κ2) is 6.81. The molecule has 1 saturated heterocycles. The fourth-order valence-electron chi connectivity index (χ4n) is 2.50. The molecule has 0 radical (unpaired) electrons. The van der Waals surface area contributed by atoms with Gasteiger partial charge in [-0.1, -0.05) is 0 Å². The van der Waals surface area contributed by atoms with Crippen LogP contribution in [0.1, 0.15) is 28.8 Å². The molecule has 5 heteroatoms. The molecule has 0 aromatic heterocycles. The molecule has 20 heavy (non-hydrogen) atoms. The molecule has 2 N–H and O–H groups in total. The van der Waals surface area contributed by atoms with Crippen LogP contribution in [0.4, 0.5) is 4.39 Å². The van der Waals surface area contributed by atoms with E-state index < -0.39 is 0 Å². The van der Waals surface area contributed by atoms with Gasteiger partial charge in [-0.05, 0) is 43.5 Å². The predicted molar refractivity (Wildman–Crippen MR) is 75.1 cm³/mol. The van der Waals surface area contributed by atoms with E-state index in [0.717, 1.165) is 18.4 Å². The molecular weight excluding hydrogens is 259 g/mol. The summed E-state index contributed by atoms with van der Waals surface area (Å²) in [4.78, 5) is 14.1. The van der Waals surface area contributed by atoms with Crippen LogP contribution in [0.3, 0.4) is 0 Å². The summed E-state index contributed by atoms with van der Waals surface area (Å²) in [6, 6.07) is 4.44. The Labute approximate surface area is 118 Å². The van der Waals surface area contributed by atoms with Crippen molar-refractivity contribution in [2.75, 3.05) is 26.2 Å². The molecule has 1 aromatic rings. The molecule has 4 nitrogen and oxygen atoms in total. The number of amides is 1. The number of rotatable bonds is 4. The van der Waals surface area contributed by atoms with Crippen LogP contribution >= 0.6 is 0 Å². The lowest BCUT2D eigenvalue weighted by Crippen LogP contribution is -2.41. The van der Waals surface area contributed by atoms with Crippen LogP contribution in [-0.2, 0) is 4.74 Å². The van der Waals surface area contributed by atoms with Crippen LogP contribution in [0.25, 0.3) is 0 Å². The second-order valence-corrected chi connectivity index (χ2v) is 5.17. The molecular formula is C15H21FN2O2. The van der Waals surface area contributed by atoms with Crippen LogP contribution < -0.4 is 5.73 Å². The number of piperidine rings is 1. The Morgan fingerprint density at radius 3 is 2.70 bits per heavy atom. The zero-order valence-electron chi connectivity index (χ0n) is 11.8. The third-order valence-corrected chi connectivity index (χ3v) is 3.49. The summed E-state index contributed by atoms with van der Waals surface area (Å²) in [6.07, 6.45) is 1.79. The van der Waals surface area contributed by atoms with Crippen molar-refractivity contribution < 1.29 is 13.9 Å². The van der Waals surface area contributed by atoms with Gasteiger partial charge in [-0.15, -0.1) is 0 Å². The molecule has 0 atom stereocenters. The van der Waals surface area contributed by atoms with Gasteiger partial charge in [0.2, 0.25) is 0 Å². The highest BCUT2D eigenvalue weighted by molar-refractivity contribution is 5.94. The first-order valence-electron chi connectivity index (χ1n) is 6.98. The number of hydrogen-bond acceptors (Lipinski definition) is 3. The maximum absolute atomic E-state index is 13.4. The molecule has 1 aliphatic heterocycles. The lowest BCUT2D eigenvalue weighted by molar-refractivity contribution is 0.0121. The number of likely N-dealkylation sites (tertiary alicyclic amines) is 1. The summed E-state index contributed by atoms with van der Waals surface area (Å²) >= 11 is 0. The van der Waals surface area contributed by atoms with Crippen LogP contribution in [0.2, 0.25) is 0 Å². The monoisotopic (exact) mass is 280 g/mol. The van der Waals surface area contributed by atoms with Gasteiger partial charge >= 0.3 is 0 Å². The van der Waals surface area contributed by atoms with Gasteiger partial charge < -0.3 is 15.4 Å². The van der Waals surface area contributed by atoms with Gasteiger partial charge in [-0.2, -0.15) is 0 Å². The molecule has 2 rings (SSSR count). The fourth-order valence-corrected chi connectivity index (χ4v) is 2.50. The number of nitrogens with zero attached hydrogens (tertiary/aromatic N) is 1. The number of nitrogens with two attached hydrogens (primary N) is 1. The van der Waals surface area contributed by atoms with Crippen LogP contribution in [0.15, 0.2) is 18.2 Å². The van der Waals surface area contributed by atoms with Crippen LogP contribution in [-0.4, -0.2) is 43.2 Å². The zero-order chi connectivity index (χ0) is 14.5. The second-order valence-electron chi connectivity index (χ2n) is 5.17. The van der Waals surface area contributed by atoms with Crippen LogP contribution in [0, 0.1) is 12.7 Å². The van der Waals surface area contributed by atoms with Gasteiger partial charge in [-0.3, -0.25) is 4.79 Å². The van der Waals surface area contributed by atoms with E-state index in [1.807, 2.05) is 0 Å². The number of carbonyl (C=O) groups excluding carboxylic acids is 1. The first-order chi connectivity index (χ1) is 9.60. The van der Waals surface area contributed by atoms with Gasteiger partial charge in [-0.25, -0.2) is 4.39 Å². The summed E-state index contributed by atoms with van der Waals surface area (Å²) in [5.74, 6) is -0.473. The molecule has 0 bridgehead atoms.